The summed E-state index contributed by atoms with van der Waals surface area (Å²) in [6.07, 6.45) is 3.53. The Kier molecular flexibility index (Phi) is 6.75. The third kappa shape index (κ3) is 5.23. The van der Waals surface area contributed by atoms with Gasteiger partial charge in [-0.15, -0.1) is 0 Å². The highest BCUT2D eigenvalue weighted by Crippen LogP contribution is 2.24. The van der Waals surface area contributed by atoms with Crippen LogP contribution in [-0.2, 0) is 0 Å². The van der Waals surface area contributed by atoms with Crippen molar-refractivity contribution in [1.82, 2.24) is 9.55 Å². The Labute approximate surface area is 197 Å². The zero-order chi connectivity index (χ0) is 23.4. The largest absolute Gasteiger partial charge is 0.322 e. The number of carbonyl (C=O) groups excluding carboxylic acids is 2. The molecule has 6 heteroatoms. The summed E-state index contributed by atoms with van der Waals surface area (Å²) in [4.78, 5) is 30.0. The minimum Gasteiger partial charge on any atom is -0.322 e. The SMILES string of the molecule is Cc1cc(C)c(C(=O)CSc2nccn2-c2cccc(C(=O)Nc3ccccc3)c2)cc1C. The fraction of sp³-hybridized carbons (Fsp3) is 0.148. The molecule has 0 bridgehead atoms. The van der Waals surface area contributed by atoms with Crippen LogP contribution in [0.1, 0.15) is 37.4 Å². The normalized spacial score (nSPS) is 10.8. The van der Waals surface area contributed by atoms with Crippen molar-refractivity contribution in [3.05, 3.63) is 107 Å². The van der Waals surface area contributed by atoms with Crippen LogP contribution >= 0.6 is 11.8 Å². The van der Waals surface area contributed by atoms with Crippen molar-refractivity contribution in [3.8, 4) is 5.69 Å². The molecule has 0 spiro atoms. The van der Waals surface area contributed by atoms with Crippen LogP contribution < -0.4 is 5.32 Å². The molecule has 0 saturated heterocycles. The number of nitrogens with one attached hydrogen (secondary N) is 1. The number of nitrogens with zero attached hydrogens (tertiary/aromatic N) is 2. The Bertz CT molecular complexity index is 1310. The zero-order valence-electron chi connectivity index (χ0n) is 18.8. The van der Waals surface area contributed by atoms with Gasteiger partial charge in [0.25, 0.3) is 5.91 Å². The average molecular weight is 456 g/mol. The summed E-state index contributed by atoms with van der Waals surface area (Å²) in [5, 5.41) is 3.60. The Hall–Kier alpha value is -3.64. The molecule has 1 aromatic heterocycles. The molecule has 4 aromatic rings. The van der Waals surface area contributed by atoms with Gasteiger partial charge >= 0.3 is 0 Å². The van der Waals surface area contributed by atoms with Crippen molar-refractivity contribution in [1.29, 1.82) is 0 Å². The predicted octanol–water partition coefficient (Wildman–Crippen LogP) is 6.02. The number of para-hydroxylation sites is 1. The number of aryl methyl sites for hydroxylation is 3. The van der Waals surface area contributed by atoms with Crippen molar-refractivity contribution in [3.63, 3.8) is 0 Å². The van der Waals surface area contributed by atoms with E-state index in [0.29, 0.717) is 10.7 Å². The first kappa shape index (κ1) is 22.6. The molecule has 0 radical (unpaired) electrons. The summed E-state index contributed by atoms with van der Waals surface area (Å²) in [6.45, 7) is 6.04. The number of hydrogen-bond donors (Lipinski definition) is 1. The Balaban J connectivity index is 1.50. The smallest absolute Gasteiger partial charge is 0.255 e. The fourth-order valence-corrected chi connectivity index (χ4v) is 4.44. The zero-order valence-corrected chi connectivity index (χ0v) is 19.6. The first-order valence-corrected chi connectivity index (χ1v) is 11.6. The monoisotopic (exact) mass is 455 g/mol. The first-order chi connectivity index (χ1) is 15.9. The molecule has 1 heterocycles. The maximum atomic E-state index is 12.9. The molecule has 3 aromatic carbocycles. The van der Waals surface area contributed by atoms with Crippen LogP contribution in [0.4, 0.5) is 5.69 Å². The van der Waals surface area contributed by atoms with Gasteiger partial charge in [0.2, 0.25) is 0 Å². The van der Waals surface area contributed by atoms with Crippen LogP contribution in [0, 0.1) is 20.8 Å². The van der Waals surface area contributed by atoms with Crippen molar-refractivity contribution >= 4 is 29.1 Å². The second-order valence-corrected chi connectivity index (χ2v) is 8.86. The van der Waals surface area contributed by atoms with Gasteiger partial charge in [0.1, 0.15) is 0 Å². The van der Waals surface area contributed by atoms with Gasteiger partial charge in [-0.3, -0.25) is 14.2 Å². The average Bonchev–Trinajstić information content (AvgIpc) is 3.29. The third-order valence-electron chi connectivity index (χ3n) is 5.50. The highest BCUT2D eigenvalue weighted by atomic mass is 32.2. The molecule has 0 aliphatic carbocycles. The molecule has 1 N–H and O–H groups in total. The lowest BCUT2D eigenvalue weighted by Crippen LogP contribution is -2.12. The number of carbonyl (C=O) groups is 2. The van der Waals surface area contributed by atoms with Crippen LogP contribution in [0.25, 0.3) is 5.69 Å². The van der Waals surface area contributed by atoms with E-state index in [1.165, 1.54) is 17.3 Å². The van der Waals surface area contributed by atoms with Gasteiger partial charge < -0.3 is 5.32 Å². The van der Waals surface area contributed by atoms with Gasteiger partial charge in [-0.05, 0) is 73.9 Å². The van der Waals surface area contributed by atoms with Crippen LogP contribution in [0.2, 0.25) is 0 Å². The van der Waals surface area contributed by atoms with E-state index < -0.39 is 0 Å². The van der Waals surface area contributed by atoms with Crippen LogP contribution in [0.5, 0.6) is 0 Å². The molecule has 0 fully saturated rings. The fourth-order valence-electron chi connectivity index (χ4n) is 3.58. The van der Waals surface area contributed by atoms with E-state index in [-0.39, 0.29) is 17.4 Å². The molecule has 33 heavy (non-hydrogen) atoms. The van der Waals surface area contributed by atoms with E-state index >= 15 is 0 Å². The number of Topliss-reactive ketones (excluding diaryl/α,β-unsaturated/α-hetero) is 1. The molecule has 0 aliphatic heterocycles. The molecule has 0 saturated carbocycles. The maximum absolute atomic E-state index is 12.9. The van der Waals surface area contributed by atoms with E-state index in [0.717, 1.165) is 28.1 Å². The highest BCUT2D eigenvalue weighted by molar-refractivity contribution is 7.99. The van der Waals surface area contributed by atoms with E-state index in [1.54, 1.807) is 12.3 Å². The molecule has 1 amide bonds. The van der Waals surface area contributed by atoms with Gasteiger partial charge in [-0.2, -0.15) is 0 Å². The van der Waals surface area contributed by atoms with Gasteiger partial charge in [0, 0.05) is 34.9 Å². The van der Waals surface area contributed by atoms with Gasteiger partial charge in [0.05, 0.1) is 5.75 Å². The number of imidazole rings is 1. The third-order valence-corrected chi connectivity index (χ3v) is 6.47. The lowest BCUT2D eigenvalue weighted by Gasteiger charge is -2.11. The summed E-state index contributed by atoms with van der Waals surface area (Å²) in [5.41, 5.74) is 6.14. The molecule has 4 rings (SSSR count). The maximum Gasteiger partial charge on any atom is 0.255 e. The number of benzene rings is 3. The Morgan fingerprint density at radius 3 is 2.45 bits per heavy atom. The van der Waals surface area contributed by atoms with Crippen molar-refractivity contribution < 1.29 is 9.59 Å². The predicted molar refractivity (Wildman–Crippen MR) is 134 cm³/mol. The lowest BCUT2D eigenvalue weighted by atomic mass is 9.99. The standard InChI is InChI=1S/C27H25N3O2S/c1-18-14-20(3)24(15-19(18)2)25(31)17-33-27-28-12-13-30(27)23-11-7-8-21(16-23)26(32)29-22-9-5-4-6-10-22/h4-16H,17H2,1-3H3,(H,29,32). The number of hydrogen-bond acceptors (Lipinski definition) is 4. The van der Waals surface area contributed by atoms with Crippen LogP contribution in [0.3, 0.4) is 0 Å². The van der Waals surface area contributed by atoms with E-state index in [2.05, 4.69) is 23.3 Å². The number of anilines is 1. The van der Waals surface area contributed by atoms with E-state index in [4.69, 9.17) is 0 Å². The molecular weight excluding hydrogens is 430 g/mol. The summed E-state index contributed by atoms with van der Waals surface area (Å²) >= 11 is 1.39. The second-order valence-electron chi connectivity index (χ2n) is 7.91. The highest BCUT2D eigenvalue weighted by Gasteiger charge is 2.15. The minimum absolute atomic E-state index is 0.0751. The molecule has 0 atom stereocenters. The van der Waals surface area contributed by atoms with E-state index in [1.807, 2.05) is 79.2 Å². The quantitative estimate of drug-likeness (QED) is 0.273. The number of thioether (sulfide) groups is 1. The Morgan fingerprint density at radius 2 is 1.67 bits per heavy atom. The molecule has 0 aliphatic rings. The number of amides is 1. The number of ketones is 1. The summed E-state index contributed by atoms with van der Waals surface area (Å²) in [7, 11) is 0. The number of aromatic nitrogens is 2. The Morgan fingerprint density at radius 1 is 0.909 bits per heavy atom. The van der Waals surface area contributed by atoms with Crippen LogP contribution in [0.15, 0.2) is 84.3 Å². The summed E-state index contributed by atoms with van der Waals surface area (Å²) in [6, 6.07) is 20.7. The van der Waals surface area contributed by atoms with Gasteiger partial charge in [-0.25, -0.2) is 4.98 Å². The topological polar surface area (TPSA) is 64.0 Å². The number of rotatable bonds is 7. The van der Waals surface area contributed by atoms with Crippen molar-refractivity contribution in [2.24, 2.45) is 0 Å². The van der Waals surface area contributed by atoms with Crippen molar-refractivity contribution in [2.75, 3.05) is 11.1 Å². The summed E-state index contributed by atoms with van der Waals surface area (Å²) < 4.78 is 1.89. The first-order valence-electron chi connectivity index (χ1n) is 10.7. The van der Waals surface area contributed by atoms with Gasteiger partial charge in [0.15, 0.2) is 10.9 Å². The minimum atomic E-state index is -0.183. The molecule has 0 unspecified atom stereocenters. The van der Waals surface area contributed by atoms with Gasteiger partial charge in [-0.1, -0.05) is 42.1 Å². The molecular formula is C27H25N3O2S. The molecule has 5 nitrogen and oxygen atoms in total. The lowest BCUT2D eigenvalue weighted by molar-refractivity contribution is 0.101. The van der Waals surface area contributed by atoms with Crippen molar-refractivity contribution in [2.45, 2.75) is 25.9 Å². The van der Waals surface area contributed by atoms with Crippen LogP contribution in [-0.4, -0.2) is 27.0 Å². The summed E-state index contributed by atoms with van der Waals surface area (Å²) in [5.74, 6) is 0.179. The molecule has 166 valence electrons. The second kappa shape index (κ2) is 9.88. The van der Waals surface area contributed by atoms with E-state index in [9.17, 15) is 9.59 Å².